The normalized spacial score (nSPS) is 27.3. The van der Waals surface area contributed by atoms with Gasteiger partial charge in [-0.25, -0.2) is 0 Å². The lowest BCUT2D eigenvalue weighted by Crippen LogP contribution is -2.43. The molecule has 1 saturated heterocycles. The van der Waals surface area contributed by atoms with Crippen molar-refractivity contribution in [1.82, 2.24) is 4.90 Å². The minimum Gasteiger partial charge on any atom is -0.496 e. The van der Waals surface area contributed by atoms with Crippen molar-refractivity contribution in [3.05, 3.63) is 48.0 Å². The Bertz CT molecular complexity index is 856. The minimum absolute atomic E-state index is 0.578. The van der Waals surface area contributed by atoms with E-state index in [1.807, 2.05) is 12.1 Å². The van der Waals surface area contributed by atoms with E-state index >= 15 is 0 Å². The molecule has 0 N–H and O–H groups in total. The highest BCUT2D eigenvalue weighted by atomic mass is 16.5. The summed E-state index contributed by atoms with van der Waals surface area (Å²) in [7, 11) is 3.54. The van der Waals surface area contributed by atoms with Crippen LogP contribution in [0.3, 0.4) is 0 Å². The zero-order valence-electron chi connectivity index (χ0n) is 17.8. The van der Waals surface area contributed by atoms with E-state index in [4.69, 9.17) is 9.47 Å². The van der Waals surface area contributed by atoms with Gasteiger partial charge in [0.25, 0.3) is 0 Å². The lowest BCUT2D eigenvalue weighted by molar-refractivity contribution is 0.110. The predicted molar refractivity (Wildman–Crippen MR) is 118 cm³/mol. The maximum atomic E-state index is 5.77. The topological polar surface area (TPSA) is 21.7 Å². The molecule has 3 atom stereocenters. The SMILES string of the molecule is COc1ccccc1-c1ccc(OC)c(C2CCN([C@H]3C[C@H]4CC[C@H]3C4)CC2)c1. The Hall–Kier alpha value is -2.00. The zero-order valence-corrected chi connectivity index (χ0v) is 17.8. The Morgan fingerprint density at radius 1 is 0.828 bits per heavy atom. The third-order valence-corrected chi connectivity index (χ3v) is 7.79. The molecule has 0 unspecified atom stereocenters. The maximum absolute atomic E-state index is 5.77. The largest absolute Gasteiger partial charge is 0.496 e. The van der Waals surface area contributed by atoms with Gasteiger partial charge in [0.2, 0.25) is 0 Å². The first kappa shape index (κ1) is 19.0. The smallest absolute Gasteiger partial charge is 0.126 e. The molecule has 0 radical (unpaired) electrons. The number of piperidine rings is 1. The number of ether oxygens (including phenoxy) is 2. The van der Waals surface area contributed by atoms with Crippen LogP contribution in [0.4, 0.5) is 0 Å². The van der Waals surface area contributed by atoms with Crippen LogP contribution < -0.4 is 9.47 Å². The van der Waals surface area contributed by atoms with Crippen LogP contribution >= 0.6 is 0 Å². The van der Waals surface area contributed by atoms with Crippen LogP contribution in [-0.4, -0.2) is 38.3 Å². The molecule has 2 bridgehead atoms. The van der Waals surface area contributed by atoms with Crippen LogP contribution in [0.15, 0.2) is 42.5 Å². The average molecular weight is 392 g/mol. The Kier molecular flexibility index (Phi) is 5.26. The van der Waals surface area contributed by atoms with Gasteiger partial charge in [-0.2, -0.15) is 0 Å². The lowest BCUT2D eigenvalue weighted by Gasteiger charge is -2.40. The van der Waals surface area contributed by atoms with Gasteiger partial charge >= 0.3 is 0 Å². The Balaban J connectivity index is 1.35. The summed E-state index contributed by atoms with van der Waals surface area (Å²) in [5, 5.41) is 0. The quantitative estimate of drug-likeness (QED) is 0.649. The van der Waals surface area contributed by atoms with Crippen molar-refractivity contribution in [1.29, 1.82) is 0 Å². The molecule has 0 spiro atoms. The summed E-state index contributed by atoms with van der Waals surface area (Å²) in [6.45, 7) is 2.47. The van der Waals surface area contributed by atoms with Gasteiger partial charge in [-0.15, -0.1) is 0 Å². The van der Waals surface area contributed by atoms with E-state index in [0.29, 0.717) is 5.92 Å². The zero-order chi connectivity index (χ0) is 19.8. The van der Waals surface area contributed by atoms with Crippen molar-refractivity contribution in [2.24, 2.45) is 11.8 Å². The van der Waals surface area contributed by atoms with Gasteiger partial charge in [0, 0.05) is 11.6 Å². The molecule has 5 rings (SSSR count). The summed E-state index contributed by atoms with van der Waals surface area (Å²) >= 11 is 0. The molecule has 0 aromatic heterocycles. The highest BCUT2D eigenvalue weighted by Crippen LogP contribution is 2.48. The van der Waals surface area contributed by atoms with Crippen molar-refractivity contribution in [2.45, 2.75) is 50.5 Å². The van der Waals surface area contributed by atoms with Crippen molar-refractivity contribution in [3.63, 3.8) is 0 Å². The van der Waals surface area contributed by atoms with Crippen molar-refractivity contribution < 1.29 is 9.47 Å². The molecule has 3 fully saturated rings. The van der Waals surface area contributed by atoms with E-state index in [1.165, 1.54) is 62.7 Å². The Morgan fingerprint density at radius 2 is 1.62 bits per heavy atom. The molecule has 29 heavy (non-hydrogen) atoms. The molecular formula is C26H33NO2. The van der Waals surface area contributed by atoms with Crippen LogP contribution in [0.5, 0.6) is 11.5 Å². The Labute approximate surface area is 175 Å². The number of methoxy groups -OCH3 is 2. The summed E-state index contributed by atoms with van der Waals surface area (Å²) in [5.41, 5.74) is 3.73. The van der Waals surface area contributed by atoms with Gasteiger partial charge in [-0.05, 0) is 92.3 Å². The first-order chi connectivity index (χ1) is 14.3. The highest BCUT2D eigenvalue weighted by Gasteiger charge is 2.43. The van der Waals surface area contributed by atoms with Gasteiger partial charge < -0.3 is 14.4 Å². The molecule has 2 aromatic rings. The molecule has 154 valence electrons. The van der Waals surface area contributed by atoms with E-state index in [1.54, 1.807) is 14.2 Å². The van der Waals surface area contributed by atoms with Crippen LogP contribution in [0.25, 0.3) is 11.1 Å². The number of likely N-dealkylation sites (tertiary alicyclic amines) is 1. The van der Waals surface area contributed by atoms with Crippen LogP contribution in [-0.2, 0) is 0 Å². The highest BCUT2D eigenvalue weighted by molar-refractivity contribution is 5.72. The monoisotopic (exact) mass is 391 g/mol. The van der Waals surface area contributed by atoms with E-state index in [9.17, 15) is 0 Å². The summed E-state index contributed by atoms with van der Waals surface area (Å²) in [5.74, 6) is 4.55. The number of nitrogens with zero attached hydrogens (tertiary/aromatic N) is 1. The fraction of sp³-hybridized carbons (Fsp3) is 0.538. The summed E-state index contributed by atoms with van der Waals surface area (Å²) in [6.07, 6.45) is 8.40. The fourth-order valence-corrected chi connectivity index (χ4v) is 6.30. The first-order valence-electron chi connectivity index (χ1n) is 11.3. The average Bonchev–Trinajstić information content (AvgIpc) is 3.42. The summed E-state index contributed by atoms with van der Waals surface area (Å²) < 4.78 is 11.4. The van der Waals surface area contributed by atoms with Crippen LogP contribution in [0.2, 0.25) is 0 Å². The van der Waals surface area contributed by atoms with Crippen LogP contribution in [0.1, 0.15) is 50.0 Å². The van der Waals surface area contributed by atoms with Gasteiger partial charge in [0.1, 0.15) is 11.5 Å². The van der Waals surface area contributed by atoms with E-state index in [0.717, 1.165) is 34.9 Å². The first-order valence-corrected chi connectivity index (χ1v) is 11.3. The van der Waals surface area contributed by atoms with Crippen molar-refractivity contribution >= 4 is 0 Å². The molecule has 2 aromatic carbocycles. The number of benzene rings is 2. The minimum atomic E-state index is 0.578. The molecule has 2 saturated carbocycles. The number of para-hydroxylation sites is 1. The second-order valence-corrected chi connectivity index (χ2v) is 9.21. The molecule has 0 amide bonds. The standard InChI is InChI=1S/C26H33NO2/c1-28-25-6-4-3-5-22(25)20-9-10-26(29-2)23(17-20)19-11-13-27(14-12-19)24-16-18-7-8-21(24)15-18/h3-6,9-10,17-19,21,24H,7-8,11-16H2,1-2H3/t18-,21-,24-/m0/s1. The third kappa shape index (κ3) is 3.54. The molecule has 3 aliphatic rings. The van der Waals surface area contributed by atoms with Gasteiger partial charge in [-0.1, -0.05) is 30.7 Å². The second-order valence-electron chi connectivity index (χ2n) is 9.21. The number of hydrogen-bond acceptors (Lipinski definition) is 3. The van der Waals surface area contributed by atoms with E-state index in [-0.39, 0.29) is 0 Å². The van der Waals surface area contributed by atoms with E-state index < -0.39 is 0 Å². The van der Waals surface area contributed by atoms with Gasteiger partial charge in [0.05, 0.1) is 14.2 Å². The predicted octanol–water partition coefficient (Wildman–Crippen LogP) is 5.74. The van der Waals surface area contributed by atoms with Crippen molar-refractivity contribution in [2.75, 3.05) is 27.3 Å². The van der Waals surface area contributed by atoms with E-state index in [2.05, 4.69) is 35.2 Å². The summed E-state index contributed by atoms with van der Waals surface area (Å²) in [6, 6.07) is 15.8. The maximum Gasteiger partial charge on any atom is 0.126 e. The molecule has 3 heteroatoms. The lowest BCUT2D eigenvalue weighted by atomic mass is 9.85. The summed E-state index contributed by atoms with van der Waals surface area (Å²) in [4.78, 5) is 2.82. The fourth-order valence-electron chi connectivity index (χ4n) is 6.30. The molecular weight excluding hydrogens is 358 g/mol. The molecule has 1 heterocycles. The number of hydrogen-bond donors (Lipinski definition) is 0. The van der Waals surface area contributed by atoms with Crippen molar-refractivity contribution in [3.8, 4) is 22.6 Å². The number of rotatable bonds is 5. The second kappa shape index (κ2) is 8.02. The molecule has 1 aliphatic heterocycles. The van der Waals surface area contributed by atoms with Crippen LogP contribution in [0, 0.1) is 11.8 Å². The van der Waals surface area contributed by atoms with Gasteiger partial charge in [-0.3, -0.25) is 0 Å². The number of fused-ring (bicyclic) bond motifs is 2. The third-order valence-electron chi connectivity index (χ3n) is 7.79. The molecule has 2 aliphatic carbocycles. The molecule has 3 nitrogen and oxygen atoms in total. The Morgan fingerprint density at radius 3 is 2.31 bits per heavy atom. The van der Waals surface area contributed by atoms with Gasteiger partial charge in [0.15, 0.2) is 0 Å².